The first-order valence-corrected chi connectivity index (χ1v) is 24.9. The molecule has 3 aromatic heterocycles. The molecule has 2 aliphatic heterocycles. The number of hydrogen-bond acceptors (Lipinski definition) is 11. The molecule has 1 saturated carbocycles. The maximum Gasteiger partial charge on any atom is 0.252 e. The number of carbonyl (C=O) groups is 1. The first-order chi connectivity index (χ1) is 30.8. The number of aromatic nitrogens is 3. The molecule has 0 bridgehead atoms. The molecule has 0 unspecified atom stereocenters. The first-order valence-electron chi connectivity index (χ1n) is 22.2. The molecule has 5 heterocycles. The van der Waals surface area contributed by atoms with E-state index in [-0.39, 0.29) is 38.4 Å². The second-order valence-electron chi connectivity index (χ2n) is 18.2. The highest BCUT2D eigenvalue weighted by atomic mass is 79.9. The van der Waals surface area contributed by atoms with Crippen LogP contribution in [0.1, 0.15) is 74.7 Å². The van der Waals surface area contributed by atoms with Crippen LogP contribution in [0, 0.1) is 5.41 Å². The van der Waals surface area contributed by atoms with Gasteiger partial charge in [0.15, 0.2) is 5.75 Å². The Bertz CT molecular complexity index is 2650. The molecule has 9 rings (SSSR count). The third kappa shape index (κ3) is 9.70. The Hall–Kier alpha value is -4.51. The molecule has 5 aromatic rings. The first kappa shape index (κ1) is 44.7. The Labute approximate surface area is 388 Å². The number of amides is 1. The van der Waals surface area contributed by atoms with Crippen LogP contribution in [0.15, 0.2) is 93.0 Å². The molecule has 2 aromatic carbocycles. The number of aromatic amines is 1. The SMILES string of the molecule is CC1(C)CCC(CN2CCN(c3ccc(C(N)=O)c(Oc4cnc5[nH]ccc5c4)c3S(=O)(=O)c3cnc(OC4CCC(N5CCOCC5)CC4)c(Br)c3)CC2)=C(c2ccc(Cl)cc2)C1. The van der Waals surface area contributed by atoms with Crippen LogP contribution in [0.25, 0.3) is 16.6 Å². The lowest BCUT2D eigenvalue weighted by molar-refractivity contribution is -0.00146. The number of nitrogens with two attached hydrogens (primary N) is 1. The Balaban J connectivity index is 1.01. The van der Waals surface area contributed by atoms with E-state index >= 15 is 8.42 Å². The summed E-state index contributed by atoms with van der Waals surface area (Å²) in [7, 11) is -4.43. The summed E-state index contributed by atoms with van der Waals surface area (Å²) in [5, 5.41) is 1.47. The second kappa shape index (κ2) is 18.8. The van der Waals surface area contributed by atoms with E-state index in [0.717, 1.165) is 88.2 Å². The van der Waals surface area contributed by atoms with Crippen molar-refractivity contribution in [1.82, 2.24) is 24.8 Å². The zero-order valence-electron chi connectivity index (χ0n) is 36.3. The highest BCUT2D eigenvalue weighted by Crippen LogP contribution is 2.45. The van der Waals surface area contributed by atoms with E-state index in [1.165, 1.54) is 35.2 Å². The van der Waals surface area contributed by atoms with Gasteiger partial charge in [0.2, 0.25) is 15.7 Å². The molecule has 1 amide bonds. The summed E-state index contributed by atoms with van der Waals surface area (Å²) in [6, 6.07) is 17.0. The smallest absolute Gasteiger partial charge is 0.252 e. The van der Waals surface area contributed by atoms with E-state index in [1.54, 1.807) is 24.4 Å². The summed E-state index contributed by atoms with van der Waals surface area (Å²) in [5.74, 6) is -0.417. The van der Waals surface area contributed by atoms with Crippen LogP contribution in [0.2, 0.25) is 5.02 Å². The average Bonchev–Trinajstić information content (AvgIpc) is 3.77. The predicted octanol–water partition coefficient (Wildman–Crippen LogP) is 8.91. The monoisotopic (exact) mass is 971 g/mol. The summed E-state index contributed by atoms with van der Waals surface area (Å²) in [4.78, 5) is 32.0. The summed E-state index contributed by atoms with van der Waals surface area (Å²) >= 11 is 9.88. The molecule has 13 nitrogen and oxygen atoms in total. The van der Waals surface area contributed by atoms with Gasteiger partial charge in [-0.05, 0) is 120 Å². The Kier molecular flexibility index (Phi) is 13.1. The molecule has 0 spiro atoms. The van der Waals surface area contributed by atoms with Crippen molar-refractivity contribution in [3.8, 4) is 17.4 Å². The fourth-order valence-electron chi connectivity index (χ4n) is 9.72. The van der Waals surface area contributed by atoms with Crippen LogP contribution in [0.4, 0.5) is 5.69 Å². The van der Waals surface area contributed by atoms with Gasteiger partial charge in [-0.25, -0.2) is 18.4 Å². The van der Waals surface area contributed by atoms with Crippen LogP contribution in [-0.4, -0.2) is 110 Å². The van der Waals surface area contributed by atoms with Gasteiger partial charge in [0.05, 0.1) is 40.0 Å². The minimum Gasteiger partial charge on any atom is -0.474 e. The lowest BCUT2D eigenvalue weighted by Gasteiger charge is -2.40. The molecule has 4 aliphatic rings. The largest absolute Gasteiger partial charge is 0.474 e. The number of rotatable bonds is 12. The van der Waals surface area contributed by atoms with Crippen molar-refractivity contribution < 1.29 is 27.4 Å². The van der Waals surface area contributed by atoms with Gasteiger partial charge < -0.3 is 29.8 Å². The normalized spacial score (nSPS) is 21.3. The Morgan fingerprint density at radius 2 is 1.72 bits per heavy atom. The summed E-state index contributed by atoms with van der Waals surface area (Å²) in [6.07, 6.45) is 11.4. The van der Waals surface area contributed by atoms with Gasteiger partial charge >= 0.3 is 0 Å². The van der Waals surface area contributed by atoms with E-state index in [0.29, 0.717) is 53.9 Å². The zero-order valence-corrected chi connectivity index (χ0v) is 39.5. The van der Waals surface area contributed by atoms with Crippen molar-refractivity contribution in [2.45, 2.75) is 80.7 Å². The number of pyridine rings is 2. The number of anilines is 1. The van der Waals surface area contributed by atoms with E-state index in [9.17, 15) is 4.79 Å². The number of allylic oxidation sites excluding steroid dienone is 1. The van der Waals surface area contributed by atoms with Crippen molar-refractivity contribution in [2.24, 2.45) is 11.1 Å². The minimum atomic E-state index is -4.43. The summed E-state index contributed by atoms with van der Waals surface area (Å²) in [5.41, 5.74) is 11.2. The molecule has 0 radical (unpaired) electrons. The van der Waals surface area contributed by atoms with Crippen molar-refractivity contribution in [3.63, 3.8) is 0 Å². The lowest BCUT2D eigenvalue weighted by Crippen LogP contribution is -2.47. The van der Waals surface area contributed by atoms with Gasteiger partial charge in [0.1, 0.15) is 22.4 Å². The highest BCUT2D eigenvalue weighted by Gasteiger charge is 2.36. The standard InChI is InChI=1S/C48H55BrClN7O6S/c1-48(2)15-13-33(40(27-48)31-3-5-34(50)6-4-31)30-55-17-19-57(20-18-55)42-12-11-39(45(51)58)43(62-37-25-32-14-16-52-46(32)53-28-37)44(42)64(59,60)38-26-41(49)47(54-29-38)63-36-9-7-35(8-10-36)56-21-23-61-24-22-56/h3-6,11-12,14,16,25-26,28-29,35-36H,7-10,13,15,17-24,27,30H2,1-2H3,(H2,51,58)(H,52,53). The lowest BCUT2D eigenvalue weighted by atomic mass is 9.72. The molecule has 64 heavy (non-hydrogen) atoms. The zero-order chi connectivity index (χ0) is 44.6. The maximum absolute atomic E-state index is 15.2. The minimum absolute atomic E-state index is 0.0442. The van der Waals surface area contributed by atoms with Crippen LogP contribution in [0.5, 0.6) is 17.4 Å². The van der Waals surface area contributed by atoms with Crippen molar-refractivity contribution in [3.05, 3.63) is 99.4 Å². The van der Waals surface area contributed by atoms with Crippen molar-refractivity contribution in [2.75, 3.05) is 63.9 Å². The number of morpholine rings is 1. The van der Waals surface area contributed by atoms with Crippen molar-refractivity contribution >= 4 is 65.6 Å². The molecule has 2 saturated heterocycles. The van der Waals surface area contributed by atoms with Crippen LogP contribution in [-0.2, 0) is 14.6 Å². The van der Waals surface area contributed by atoms with Gasteiger partial charge in [-0.2, -0.15) is 0 Å². The van der Waals surface area contributed by atoms with E-state index in [1.807, 2.05) is 18.2 Å². The average molecular weight is 973 g/mol. The molecular weight excluding hydrogens is 918 g/mol. The van der Waals surface area contributed by atoms with Crippen LogP contribution < -0.4 is 20.1 Å². The third-order valence-electron chi connectivity index (χ3n) is 13.3. The topological polar surface area (TPSA) is 156 Å². The number of primary amides is 1. The number of benzene rings is 2. The van der Waals surface area contributed by atoms with E-state index < -0.39 is 15.7 Å². The number of fused-ring (bicyclic) bond motifs is 1. The number of hydrogen-bond donors (Lipinski definition) is 2. The molecule has 16 heteroatoms. The number of H-pyrrole nitrogens is 1. The molecular formula is C48H55BrClN7O6S. The van der Waals surface area contributed by atoms with Gasteiger partial charge in [-0.3, -0.25) is 14.6 Å². The number of piperazine rings is 1. The Morgan fingerprint density at radius 1 is 0.969 bits per heavy atom. The van der Waals surface area contributed by atoms with E-state index in [4.69, 9.17) is 31.5 Å². The number of nitrogens with one attached hydrogen (secondary N) is 1. The number of halogens is 2. The highest BCUT2D eigenvalue weighted by molar-refractivity contribution is 9.10. The van der Waals surface area contributed by atoms with Gasteiger partial charge in [0.25, 0.3) is 5.91 Å². The molecule has 338 valence electrons. The summed E-state index contributed by atoms with van der Waals surface area (Å²) < 4.78 is 49.3. The summed E-state index contributed by atoms with van der Waals surface area (Å²) in [6.45, 7) is 11.4. The van der Waals surface area contributed by atoms with Gasteiger partial charge in [-0.15, -0.1) is 0 Å². The fraction of sp³-hybridized carbons (Fsp3) is 0.438. The maximum atomic E-state index is 15.2. The number of sulfone groups is 1. The third-order valence-corrected chi connectivity index (χ3v) is 15.9. The fourth-order valence-corrected chi connectivity index (χ4v) is 12.0. The van der Waals surface area contributed by atoms with Gasteiger partial charge in [-0.1, -0.05) is 43.2 Å². The van der Waals surface area contributed by atoms with Crippen LogP contribution in [0.3, 0.4) is 0 Å². The number of carbonyl (C=O) groups excluding carboxylic acids is 1. The quantitative estimate of drug-likeness (QED) is 0.123. The van der Waals surface area contributed by atoms with Crippen LogP contribution >= 0.6 is 27.5 Å². The van der Waals surface area contributed by atoms with Gasteiger partial charge in [0, 0.05) is 74.7 Å². The predicted molar refractivity (Wildman–Crippen MR) is 252 cm³/mol. The van der Waals surface area contributed by atoms with Crippen molar-refractivity contribution in [1.29, 1.82) is 0 Å². The second-order valence-corrected chi connectivity index (χ2v) is 21.4. The van der Waals surface area contributed by atoms with E-state index in [2.05, 4.69) is 71.6 Å². The number of ether oxygens (including phenoxy) is 3. The molecule has 3 fully saturated rings. The molecule has 2 aliphatic carbocycles. The molecule has 3 N–H and O–H groups in total. The molecule has 0 atom stereocenters. The Morgan fingerprint density at radius 3 is 2.44 bits per heavy atom. The number of nitrogens with zero attached hydrogens (tertiary/aromatic N) is 5.